The summed E-state index contributed by atoms with van der Waals surface area (Å²) in [6, 6.07) is 6.56. The molecular formula is C23H33N5O. The lowest BCUT2D eigenvalue weighted by molar-refractivity contribution is 0.102. The lowest BCUT2D eigenvalue weighted by Gasteiger charge is -2.22. The quantitative estimate of drug-likeness (QED) is 0.644. The molecule has 1 amide bonds. The monoisotopic (exact) mass is 395 g/mol. The van der Waals surface area contributed by atoms with Gasteiger partial charge in [-0.15, -0.1) is 0 Å². The minimum absolute atomic E-state index is 0.239. The smallest absolute Gasteiger partial charge is 0.275 e. The third-order valence-corrected chi connectivity index (χ3v) is 5.68. The number of anilines is 3. The molecule has 0 saturated heterocycles. The number of nitrogens with one attached hydrogen (secondary N) is 2. The van der Waals surface area contributed by atoms with Crippen molar-refractivity contribution in [3.05, 3.63) is 41.9 Å². The Morgan fingerprint density at radius 1 is 1.07 bits per heavy atom. The fourth-order valence-corrected chi connectivity index (χ4v) is 3.91. The fraction of sp³-hybridized carbons (Fsp3) is 0.522. The molecule has 6 nitrogen and oxygen atoms in total. The number of amides is 1. The molecule has 0 bridgehead atoms. The highest BCUT2D eigenvalue weighted by Gasteiger charge is 2.14. The molecule has 3 rings (SSSR count). The van der Waals surface area contributed by atoms with Gasteiger partial charge in [-0.25, -0.2) is 9.97 Å². The first-order valence-electron chi connectivity index (χ1n) is 10.9. The standard InChI is InChI=1S/C23H33N5O/c1-4-28(5-2)19-12-13-20(17(3)14-19)27-23(29)21-15-25-22(16-24-21)26-18-10-8-6-7-9-11-18/h12-16,18H,4-11H2,1-3H3,(H,25,26)(H,27,29). The maximum absolute atomic E-state index is 12.6. The van der Waals surface area contributed by atoms with Gasteiger partial charge in [-0.05, 0) is 57.4 Å². The molecule has 1 aromatic carbocycles. The molecule has 1 heterocycles. The van der Waals surface area contributed by atoms with Crippen LogP contribution in [-0.2, 0) is 0 Å². The van der Waals surface area contributed by atoms with Gasteiger partial charge in [-0.2, -0.15) is 0 Å². The molecule has 0 unspecified atom stereocenters. The van der Waals surface area contributed by atoms with Crippen molar-refractivity contribution in [2.45, 2.75) is 65.3 Å². The van der Waals surface area contributed by atoms with Crippen LogP contribution >= 0.6 is 0 Å². The maximum atomic E-state index is 12.6. The zero-order valence-corrected chi connectivity index (χ0v) is 17.9. The second-order valence-electron chi connectivity index (χ2n) is 7.75. The first-order chi connectivity index (χ1) is 14.1. The molecule has 0 spiro atoms. The van der Waals surface area contributed by atoms with Gasteiger partial charge in [0.25, 0.3) is 5.91 Å². The molecule has 2 aromatic rings. The van der Waals surface area contributed by atoms with E-state index in [9.17, 15) is 4.79 Å². The van der Waals surface area contributed by atoms with Gasteiger partial charge >= 0.3 is 0 Å². The molecule has 1 aliphatic rings. The average Bonchev–Trinajstić information content (AvgIpc) is 3.00. The highest BCUT2D eigenvalue weighted by Crippen LogP contribution is 2.23. The Morgan fingerprint density at radius 2 is 1.79 bits per heavy atom. The third-order valence-electron chi connectivity index (χ3n) is 5.68. The van der Waals surface area contributed by atoms with Crippen LogP contribution in [0.3, 0.4) is 0 Å². The van der Waals surface area contributed by atoms with Crippen LogP contribution in [0.25, 0.3) is 0 Å². The van der Waals surface area contributed by atoms with Gasteiger partial charge in [0, 0.05) is 30.5 Å². The summed E-state index contributed by atoms with van der Waals surface area (Å²) in [5, 5.41) is 6.42. The molecule has 1 aliphatic carbocycles. The number of aromatic nitrogens is 2. The highest BCUT2D eigenvalue weighted by molar-refractivity contribution is 6.03. The molecular weight excluding hydrogens is 362 g/mol. The third kappa shape index (κ3) is 5.68. The van der Waals surface area contributed by atoms with E-state index >= 15 is 0 Å². The number of hydrogen-bond acceptors (Lipinski definition) is 5. The number of hydrogen-bond donors (Lipinski definition) is 2. The van der Waals surface area contributed by atoms with Crippen LogP contribution in [0, 0.1) is 6.92 Å². The Hall–Kier alpha value is -2.63. The van der Waals surface area contributed by atoms with Crippen LogP contribution in [0.5, 0.6) is 0 Å². The fourth-order valence-electron chi connectivity index (χ4n) is 3.91. The molecule has 6 heteroatoms. The summed E-state index contributed by atoms with van der Waals surface area (Å²) in [5.74, 6) is 0.505. The molecule has 29 heavy (non-hydrogen) atoms. The predicted molar refractivity (Wildman–Crippen MR) is 120 cm³/mol. The molecule has 0 radical (unpaired) electrons. The van der Waals surface area contributed by atoms with Gasteiger partial charge < -0.3 is 15.5 Å². The molecule has 1 saturated carbocycles. The van der Waals surface area contributed by atoms with Crippen molar-refractivity contribution in [1.29, 1.82) is 0 Å². The lowest BCUT2D eigenvalue weighted by atomic mass is 10.1. The Balaban J connectivity index is 1.62. The van der Waals surface area contributed by atoms with Crippen LogP contribution in [0.1, 0.15) is 68.4 Å². The van der Waals surface area contributed by atoms with Gasteiger partial charge in [-0.3, -0.25) is 4.79 Å². The maximum Gasteiger partial charge on any atom is 0.275 e. The van der Waals surface area contributed by atoms with E-state index in [-0.39, 0.29) is 5.91 Å². The van der Waals surface area contributed by atoms with E-state index in [4.69, 9.17) is 0 Å². The lowest BCUT2D eigenvalue weighted by Crippen LogP contribution is -2.22. The Labute approximate surface area is 174 Å². The number of nitrogens with zero attached hydrogens (tertiary/aromatic N) is 3. The first-order valence-corrected chi connectivity index (χ1v) is 10.9. The Kier molecular flexibility index (Phi) is 7.44. The van der Waals surface area contributed by atoms with Crippen LogP contribution in [0.2, 0.25) is 0 Å². The van der Waals surface area contributed by atoms with Crippen molar-refractivity contribution in [2.75, 3.05) is 28.6 Å². The van der Waals surface area contributed by atoms with E-state index < -0.39 is 0 Å². The van der Waals surface area contributed by atoms with Gasteiger partial charge in [0.2, 0.25) is 0 Å². The van der Waals surface area contributed by atoms with Crippen molar-refractivity contribution >= 4 is 23.1 Å². The summed E-state index contributed by atoms with van der Waals surface area (Å²) in [7, 11) is 0. The molecule has 1 aromatic heterocycles. The topological polar surface area (TPSA) is 70.2 Å². The average molecular weight is 396 g/mol. The highest BCUT2D eigenvalue weighted by atomic mass is 16.1. The number of rotatable bonds is 7. The minimum atomic E-state index is -0.239. The van der Waals surface area contributed by atoms with Crippen LogP contribution < -0.4 is 15.5 Å². The molecule has 0 aliphatic heterocycles. The molecule has 0 atom stereocenters. The number of carbonyl (C=O) groups is 1. The van der Waals surface area contributed by atoms with E-state index in [0.717, 1.165) is 30.2 Å². The van der Waals surface area contributed by atoms with Gasteiger partial charge in [-0.1, -0.05) is 25.7 Å². The summed E-state index contributed by atoms with van der Waals surface area (Å²) in [6.45, 7) is 8.20. The molecule has 2 N–H and O–H groups in total. The minimum Gasteiger partial charge on any atom is -0.372 e. The predicted octanol–water partition coefficient (Wildman–Crippen LogP) is 5.02. The van der Waals surface area contributed by atoms with E-state index in [2.05, 4.69) is 45.4 Å². The number of carbonyl (C=O) groups excluding carboxylic acids is 1. The summed E-state index contributed by atoms with van der Waals surface area (Å²) < 4.78 is 0. The molecule has 156 valence electrons. The second kappa shape index (κ2) is 10.2. The van der Waals surface area contributed by atoms with E-state index in [1.54, 1.807) is 12.4 Å². The van der Waals surface area contributed by atoms with Crippen molar-refractivity contribution in [2.24, 2.45) is 0 Å². The van der Waals surface area contributed by atoms with Crippen LogP contribution in [0.4, 0.5) is 17.2 Å². The van der Waals surface area contributed by atoms with Crippen molar-refractivity contribution < 1.29 is 4.79 Å². The summed E-state index contributed by atoms with van der Waals surface area (Å²) >= 11 is 0. The summed E-state index contributed by atoms with van der Waals surface area (Å²) in [4.78, 5) is 23.6. The number of aryl methyl sites for hydroxylation is 1. The SMILES string of the molecule is CCN(CC)c1ccc(NC(=O)c2cnc(NC3CCCCCC3)cn2)c(C)c1. The van der Waals surface area contributed by atoms with E-state index in [1.165, 1.54) is 44.2 Å². The first kappa shape index (κ1) is 21.1. The van der Waals surface area contributed by atoms with Crippen LogP contribution in [-0.4, -0.2) is 35.0 Å². The van der Waals surface area contributed by atoms with Crippen molar-refractivity contribution in [3.63, 3.8) is 0 Å². The summed E-state index contributed by atoms with van der Waals surface area (Å²) in [5.41, 5.74) is 3.32. The van der Waals surface area contributed by atoms with Crippen molar-refractivity contribution in [3.8, 4) is 0 Å². The van der Waals surface area contributed by atoms with Gasteiger partial charge in [0.15, 0.2) is 0 Å². The number of benzene rings is 1. The van der Waals surface area contributed by atoms with Gasteiger partial charge in [0.05, 0.1) is 12.4 Å². The summed E-state index contributed by atoms with van der Waals surface area (Å²) in [6.07, 6.45) is 10.7. The second-order valence-corrected chi connectivity index (χ2v) is 7.75. The Bertz CT molecular complexity index is 793. The zero-order chi connectivity index (χ0) is 20.6. The molecule has 1 fully saturated rings. The van der Waals surface area contributed by atoms with Gasteiger partial charge in [0.1, 0.15) is 11.5 Å². The van der Waals surface area contributed by atoms with Crippen molar-refractivity contribution in [1.82, 2.24) is 9.97 Å². The Morgan fingerprint density at radius 3 is 2.38 bits per heavy atom. The van der Waals surface area contributed by atoms with Crippen LogP contribution in [0.15, 0.2) is 30.6 Å². The zero-order valence-electron chi connectivity index (χ0n) is 17.9. The largest absolute Gasteiger partial charge is 0.372 e. The van der Waals surface area contributed by atoms with E-state index in [1.807, 2.05) is 19.1 Å². The van der Waals surface area contributed by atoms with E-state index in [0.29, 0.717) is 11.7 Å². The normalized spacial score (nSPS) is 14.9.